The zero-order valence-electron chi connectivity index (χ0n) is 14.7. The smallest absolute Gasteiger partial charge is 0.290 e. The minimum absolute atomic E-state index is 0.0809. The average Bonchev–Trinajstić information content (AvgIpc) is 3.13. The fourth-order valence-electron chi connectivity index (χ4n) is 2.48. The van der Waals surface area contributed by atoms with E-state index in [4.69, 9.17) is 27.9 Å². The lowest BCUT2D eigenvalue weighted by molar-refractivity contribution is 0.0938. The van der Waals surface area contributed by atoms with Crippen LogP contribution in [0.25, 0.3) is 17.1 Å². The summed E-state index contributed by atoms with van der Waals surface area (Å²) >= 11 is 12.2. The lowest BCUT2D eigenvalue weighted by Gasteiger charge is -2.07. The van der Waals surface area contributed by atoms with Crippen LogP contribution in [0, 0.1) is 0 Å². The minimum Gasteiger partial charge on any atom is -0.385 e. The van der Waals surface area contributed by atoms with Crippen molar-refractivity contribution < 1.29 is 9.53 Å². The molecule has 2 aromatic carbocycles. The molecule has 0 aliphatic carbocycles. The first-order valence-electron chi connectivity index (χ1n) is 8.35. The maximum atomic E-state index is 12.4. The van der Waals surface area contributed by atoms with Crippen molar-refractivity contribution in [2.24, 2.45) is 0 Å². The maximum Gasteiger partial charge on any atom is 0.290 e. The van der Waals surface area contributed by atoms with E-state index in [1.807, 2.05) is 30.3 Å². The van der Waals surface area contributed by atoms with E-state index in [9.17, 15) is 4.79 Å². The van der Waals surface area contributed by atoms with Crippen LogP contribution in [-0.4, -0.2) is 40.9 Å². The average molecular weight is 405 g/mol. The SMILES string of the molecule is COCCCNC(=O)c1nc(-c2ccccc2)n(-c2ccc(Cl)c(Cl)c2)n1. The summed E-state index contributed by atoms with van der Waals surface area (Å²) in [4.78, 5) is 16.9. The van der Waals surface area contributed by atoms with Gasteiger partial charge >= 0.3 is 0 Å². The van der Waals surface area contributed by atoms with Crippen LogP contribution in [0.3, 0.4) is 0 Å². The van der Waals surface area contributed by atoms with E-state index in [0.717, 1.165) is 5.56 Å². The Morgan fingerprint density at radius 3 is 2.63 bits per heavy atom. The first kappa shape index (κ1) is 19.4. The number of nitrogens with zero attached hydrogens (tertiary/aromatic N) is 3. The zero-order chi connectivity index (χ0) is 19.2. The number of rotatable bonds is 7. The molecular weight excluding hydrogens is 387 g/mol. The summed E-state index contributed by atoms with van der Waals surface area (Å²) in [5, 5.41) is 8.02. The van der Waals surface area contributed by atoms with E-state index in [1.165, 1.54) is 0 Å². The number of benzene rings is 2. The van der Waals surface area contributed by atoms with Crippen molar-refractivity contribution in [1.82, 2.24) is 20.1 Å². The fourth-order valence-corrected chi connectivity index (χ4v) is 2.77. The van der Waals surface area contributed by atoms with Gasteiger partial charge in [-0.15, -0.1) is 5.10 Å². The lowest BCUT2D eigenvalue weighted by Crippen LogP contribution is -2.26. The van der Waals surface area contributed by atoms with Crippen LogP contribution in [0.1, 0.15) is 17.0 Å². The van der Waals surface area contributed by atoms with Gasteiger partial charge in [0.25, 0.3) is 5.91 Å². The van der Waals surface area contributed by atoms with Gasteiger partial charge in [0.15, 0.2) is 5.82 Å². The summed E-state index contributed by atoms with van der Waals surface area (Å²) in [5.41, 5.74) is 1.49. The van der Waals surface area contributed by atoms with Gasteiger partial charge in [0, 0.05) is 25.8 Å². The molecule has 0 aliphatic rings. The molecule has 0 unspecified atom stereocenters. The highest BCUT2D eigenvalue weighted by atomic mass is 35.5. The van der Waals surface area contributed by atoms with E-state index < -0.39 is 0 Å². The molecule has 8 heteroatoms. The second-order valence-corrected chi connectivity index (χ2v) is 6.55. The van der Waals surface area contributed by atoms with Gasteiger partial charge in [-0.3, -0.25) is 4.79 Å². The van der Waals surface area contributed by atoms with E-state index in [0.29, 0.717) is 41.1 Å². The number of amides is 1. The van der Waals surface area contributed by atoms with E-state index in [1.54, 1.807) is 30.0 Å². The third-order valence-corrected chi connectivity index (χ3v) is 4.54. The Morgan fingerprint density at radius 2 is 1.93 bits per heavy atom. The monoisotopic (exact) mass is 404 g/mol. The maximum absolute atomic E-state index is 12.4. The summed E-state index contributed by atoms with van der Waals surface area (Å²) in [6.07, 6.45) is 0.710. The van der Waals surface area contributed by atoms with Crippen LogP contribution in [0.2, 0.25) is 10.0 Å². The second kappa shape index (κ2) is 8.99. The molecule has 3 aromatic rings. The predicted octanol–water partition coefficient (Wildman–Crippen LogP) is 4.01. The van der Waals surface area contributed by atoms with Gasteiger partial charge in [-0.25, -0.2) is 9.67 Å². The minimum atomic E-state index is -0.345. The van der Waals surface area contributed by atoms with Crippen LogP contribution in [-0.2, 0) is 4.74 Å². The van der Waals surface area contributed by atoms with Crippen molar-refractivity contribution in [1.29, 1.82) is 0 Å². The molecule has 0 radical (unpaired) electrons. The molecular formula is C19H18Cl2N4O2. The summed E-state index contributed by atoms with van der Waals surface area (Å²) in [7, 11) is 1.62. The molecule has 0 aliphatic heterocycles. The van der Waals surface area contributed by atoms with Gasteiger partial charge in [-0.05, 0) is 24.6 Å². The molecule has 1 amide bonds. The second-order valence-electron chi connectivity index (χ2n) is 5.74. The third kappa shape index (κ3) is 4.66. The Bertz CT molecular complexity index is 929. The number of carbonyl (C=O) groups excluding carboxylic acids is 1. The standard InChI is InChI=1S/C19H18Cl2N4O2/c1-27-11-5-10-22-19(26)17-23-18(13-6-3-2-4-7-13)25(24-17)14-8-9-15(20)16(21)12-14/h2-4,6-9,12H,5,10-11H2,1H3,(H,22,26). The summed E-state index contributed by atoms with van der Waals surface area (Å²) in [5.74, 6) is 0.274. The Hall–Kier alpha value is -2.41. The first-order chi connectivity index (χ1) is 13.1. The quantitative estimate of drug-likeness (QED) is 0.604. The molecule has 3 rings (SSSR count). The van der Waals surface area contributed by atoms with Crippen molar-refractivity contribution >= 4 is 29.1 Å². The van der Waals surface area contributed by atoms with Gasteiger partial charge in [-0.1, -0.05) is 53.5 Å². The number of hydrogen-bond acceptors (Lipinski definition) is 4. The Balaban J connectivity index is 1.96. The number of aromatic nitrogens is 3. The largest absolute Gasteiger partial charge is 0.385 e. The zero-order valence-corrected chi connectivity index (χ0v) is 16.2. The molecule has 1 heterocycles. The molecule has 6 nitrogen and oxygen atoms in total. The lowest BCUT2D eigenvalue weighted by atomic mass is 10.2. The summed E-state index contributed by atoms with van der Waals surface area (Å²) in [6.45, 7) is 1.05. The highest BCUT2D eigenvalue weighted by Gasteiger charge is 2.19. The highest BCUT2D eigenvalue weighted by Crippen LogP contribution is 2.27. The van der Waals surface area contributed by atoms with Gasteiger partial charge in [0.05, 0.1) is 15.7 Å². The van der Waals surface area contributed by atoms with Crippen molar-refractivity contribution in [3.05, 3.63) is 64.4 Å². The fraction of sp³-hybridized carbons (Fsp3) is 0.211. The Morgan fingerprint density at radius 1 is 1.15 bits per heavy atom. The number of ether oxygens (including phenoxy) is 1. The molecule has 0 spiro atoms. The molecule has 27 heavy (non-hydrogen) atoms. The van der Waals surface area contributed by atoms with Crippen LogP contribution in [0.15, 0.2) is 48.5 Å². The number of carbonyl (C=O) groups is 1. The number of nitrogens with one attached hydrogen (secondary N) is 1. The molecule has 0 saturated heterocycles. The molecule has 0 fully saturated rings. The van der Waals surface area contributed by atoms with Crippen molar-refractivity contribution in [3.8, 4) is 17.1 Å². The molecule has 1 aromatic heterocycles. The third-order valence-electron chi connectivity index (χ3n) is 3.80. The summed E-state index contributed by atoms with van der Waals surface area (Å²) in [6, 6.07) is 14.6. The van der Waals surface area contributed by atoms with Gasteiger partial charge in [0.1, 0.15) is 0 Å². The van der Waals surface area contributed by atoms with Crippen LogP contribution < -0.4 is 5.32 Å². The molecule has 140 valence electrons. The number of methoxy groups -OCH3 is 1. The molecule has 1 N–H and O–H groups in total. The van der Waals surface area contributed by atoms with Gasteiger partial charge < -0.3 is 10.1 Å². The first-order valence-corrected chi connectivity index (χ1v) is 9.11. The Labute approximate surface area is 167 Å². The van der Waals surface area contributed by atoms with E-state index >= 15 is 0 Å². The van der Waals surface area contributed by atoms with Crippen LogP contribution in [0.5, 0.6) is 0 Å². The number of hydrogen-bond donors (Lipinski definition) is 1. The van der Waals surface area contributed by atoms with E-state index in [-0.39, 0.29) is 11.7 Å². The molecule has 0 saturated carbocycles. The van der Waals surface area contributed by atoms with Gasteiger partial charge in [-0.2, -0.15) is 0 Å². The molecule has 0 atom stereocenters. The predicted molar refractivity (Wildman–Crippen MR) is 106 cm³/mol. The van der Waals surface area contributed by atoms with Crippen LogP contribution in [0.4, 0.5) is 0 Å². The van der Waals surface area contributed by atoms with Crippen molar-refractivity contribution in [2.45, 2.75) is 6.42 Å². The van der Waals surface area contributed by atoms with Crippen LogP contribution >= 0.6 is 23.2 Å². The number of halogens is 2. The highest BCUT2D eigenvalue weighted by molar-refractivity contribution is 6.42. The van der Waals surface area contributed by atoms with Gasteiger partial charge in [0.2, 0.25) is 5.82 Å². The van der Waals surface area contributed by atoms with E-state index in [2.05, 4.69) is 15.4 Å². The van der Waals surface area contributed by atoms with Crippen molar-refractivity contribution in [2.75, 3.05) is 20.3 Å². The summed E-state index contributed by atoms with van der Waals surface area (Å²) < 4.78 is 6.56. The Kier molecular flexibility index (Phi) is 6.45. The topological polar surface area (TPSA) is 69.0 Å². The normalized spacial score (nSPS) is 10.8. The van der Waals surface area contributed by atoms with Crippen molar-refractivity contribution in [3.63, 3.8) is 0 Å². The molecule has 0 bridgehead atoms.